The molecule has 2 aliphatic rings. The number of rotatable bonds is 12. The number of hydrogen-bond acceptors (Lipinski definition) is 7. The van der Waals surface area contributed by atoms with Crippen LogP contribution >= 0.6 is 0 Å². The Kier molecular flexibility index (Phi) is 8.29. The molecule has 0 aliphatic carbocycles. The molecule has 204 valence electrons. The minimum Gasteiger partial charge on any atom is -0.494 e. The van der Waals surface area contributed by atoms with Crippen LogP contribution in [0.15, 0.2) is 64.6 Å². The number of fused-ring (bicyclic) bond motifs is 2. The number of nitrogens with zero attached hydrogens (tertiary/aromatic N) is 4. The predicted molar refractivity (Wildman–Crippen MR) is 161 cm³/mol. The van der Waals surface area contributed by atoms with Gasteiger partial charge < -0.3 is 25.0 Å². The molecule has 0 saturated heterocycles. The van der Waals surface area contributed by atoms with Gasteiger partial charge in [-0.3, -0.25) is 9.98 Å². The highest BCUT2D eigenvalue weighted by molar-refractivity contribution is 6.12. The highest BCUT2D eigenvalue weighted by atomic mass is 16.5. The topological polar surface area (TPSA) is 75.7 Å². The Balaban J connectivity index is 1.20. The Labute approximate surface area is 232 Å². The first-order chi connectivity index (χ1) is 18.9. The van der Waals surface area contributed by atoms with Crippen molar-refractivity contribution in [2.24, 2.45) is 9.98 Å². The third-order valence-electron chi connectivity index (χ3n) is 7.06. The van der Waals surface area contributed by atoms with Gasteiger partial charge in [-0.1, -0.05) is 12.1 Å². The molecule has 5 rings (SSSR count). The average Bonchev–Trinajstić information content (AvgIpc) is 3.52. The van der Waals surface area contributed by atoms with Crippen LogP contribution in [0.5, 0.6) is 11.5 Å². The maximum absolute atomic E-state index is 6.57. The molecule has 7 heteroatoms. The Morgan fingerprint density at radius 1 is 0.692 bits per heavy atom. The summed E-state index contributed by atoms with van der Waals surface area (Å²) in [6.45, 7) is 3.44. The molecule has 3 aromatic rings. The van der Waals surface area contributed by atoms with E-state index in [0.717, 1.165) is 89.9 Å². The summed E-state index contributed by atoms with van der Waals surface area (Å²) < 4.78 is 11.9. The number of nitrogen functional groups attached to an aromatic ring is 1. The minimum absolute atomic E-state index is 0.706. The minimum atomic E-state index is 0.706. The van der Waals surface area contributed by atoms with Gasteiger partial charge in [0.15, 0.2) is 0 Å². The molecule has 0 aromatic heterocycles. The number of nitrogens with two attached hydrogens (primary N) is 1. The van der Waals surface area contributed by atoms with Crippen LogP contribution in [0.2, 0.25) is 0 Å². The van der Waals surface area contributed by atoms with Gasteiger partial charge in [0.1, 0.15) is 11.5 Å². The van der Waals surface area contributed by atoms with Crippen molar-refractivity contribution in [2.75, 3.05) is 60.2 Å². The summed E-state index contributed by atoms with van der Waals surface area (Å²) in [5.74, 6) is 1.80. The lowest BCUT2D eigenvalue weighted by molar-refractivity contribution is 0.281. The van der Waals surface area contributed by atoms with Crippen LogP contribution in [0, 0.1) is 0 Å². The van der Waals surface area contributed by atoms with Crippen molar-refractivity contribution in [1.82, 2.24) is 9.80 Å². The number of ether oxygens (including phenoxy) is 2. The van der Waals surface area contributed by atoms with Crippen LogP contribution in [0.25, 0.3) is 0 Å². The van der Waals surface area contributed by atoms with E-state index in [9.17, 15) is 0 Å². The van der Waals surface area contributed by atoms with Crippen molar-refractivity contribution in [3.05, 3.63) is 76.9 Å². The summed E-state index contributed by atoms with van der Waals surface area (Å²) >= 11 is 0. The van der Waals surface area contributed by atoms with Gasteiger partial charge in [0.2, 0.25) is 0 Å². The molecule has 7 nitrogen and oxygen atoms in total. The largest absolute Gasteiger partial charge is 0.494 e. The van der Waals surface area contributed by atoms with Gasteiger partial charge in [-0.25, -0.2) is 0 Å². The number of hydrogen-bond donors (Lipinski definition) is 1. The van der Waals surface area contributed by atoms with Crippen molar-refractivity contribution in [3.63, 3.8) is 0 Å². The summed E-state index contributed by atoms with van der Waals surface area (Å²) in [6, 6.07) is 18.5. The van der Waals surface area contributed by atoms with E-state index in [1.165, 1.54) is 11.1 Å². The predicted octanol–water partition coefficient (Wildman–Crippen LogP) is 5.28. The average molecular weight is 526 g/mol. The number of aliphatic imine (C=N–C) groups is 2. The lowest BCUT2D eigenvalue weighted by Crippen LogP contribution is -2.15. The van der Waals surface area contributed by atoms with Crippen molar-refractivity contribution in [1.29, 1.82) is 0 Å². The first-order valence-corrected chi connectivity index (χ1v) is 13.7. The van der Waals surface area contributed by atoms with Gasteiger partial charge in [-0.05, 0) is 100 Å². The van der Waals surface area contributed by atoms with Crippen LogP contribution in [0.1, 0.15) is 35.1 Å². The molecule has 39 heavy (non-hydrogen) atoms. The van der Waals surface area contributed by atoms with Crippen molar-refractivity contribution in [2.45, 2.75) is 25.7 Å². The highest BCUT2D eigenvalue weighted by Gasteiger charge is 2.21. The zero-order chi connectivity index (χ0) is 27.4. The molecule has 0 amide bonds. The zero-order valence-corrected chi connectivity index (χ0v) is 23.5. The first-order valence-electron chi connectivity index (χ1n) is 13.7. The quantitative estimate of drug-likeness (QED) is 0.257. The van der Waals surface area contributed by atoms with Gasteiger partial charge in [0, 0.05) is 37.2 Å². The van der Waals surface area contributed by atoms with E-state index in [1.54, 1.807) is 0 Å². The summed E-state index contributed by atoms with van der Waals surface area (Å²) in [7, 11) is 8.31. The van der Waals surface area contributed by atoms with Gasteiger partial charge in [-0.2, -0.15) is 0 Å². The normalized spacial score (nSPS) is 13.9. The number of benzene rings is 3. The van der Waals surface area contributed by atoms with E-state index in [2.05, 4.69) is 62.3 Å². The van der Waals surface area contributed by atoms with Crippen LogP contribution in [0.3, 0.4) is 0 Å². The molecular formula is C32H39N5O2. The van der Waals surface area contributed by atoms with Crippen LogP contribution in [-0.4, -0.2) is 75.7 Å². The van der Waals surface area contributed by atoms with E-state index in [0.29, 0.717) is 13.2 Å². The van der Waals surface area contributed by atoms with Gasteiger partial charge in [-0.15, -0.1) is 0 Å². The second-order valence-electron chi connectivity index (χ2n) is 10.9. The highest BCUT2D eigenvalue weighted by Crippen LogP contribution is 2.35. The van der Waals surface area contributed by atoms with Crippen molar-refractivity contribution >= 4 is 28.5 Å². The molecule has 3 aromatic carbocycles. The summed E-state index contributed by atoms with van der Waals surface area (Å²) in [5, 5.41) is 0. The van der Waals surface area contributed by atoms with E-state index in [4.69, 9.17) is 25.2 Å². The monoisotopic (exact) mass is 525 g/mol. The van der Waals surface area contributed by atoms with Crippen LogP contribution in [0.4, 0.5) is 17.1 Å². The summed E-state index contributed by atoms with van der Waals surface area (Å²) in [5.41, 5.74) is 15.7. The Hall–Kier alpha value is -3.68. The van der Waals surface area contributed by atoms with Gasteiger partial charge in [0.05, 0.1) is 36.0 Å². The molecule has 0 atom stereocenters. The molecule has 0 bridgehead atoms. The third kappa shape index (κ3) is 6.67. The second kappa shape index (κ2) is 12.0. The maximum atomic E-state index is 6.57. The summed E-state index contributed by atoms with van der Waals surface area (Å²) in [4.78, 5) is 14.1. The molecule has 0 spiro atoms. The SMILES string of the molecule is CN(C)CCCOc1ccc2c(c1)CC(c1ccc(C3=Nc4ccc(OCCCN(C)C)cc4C3)c(N)c1)=N2. The van der Waals surface area contributed by atoms with Crippen LogP contribution in [-0.2, 0) is 12.8 Å². The Bertz CT molecular complexity index is 1390. The summed E-state index contributed by atoms with van der Waals surface area (Å²) in [6.07, 6.45) is 3.52. The molecular weight excluding hydrogens is 486 g/mol. The Morgan fingerprint density at radius 3 is 1.77 bits per heavy atom. The molecule has 2 heterocycles. The van der Waals surface area contributed by atoms with Gasteiger partial charge >= 0.3 is 0 Å². The maximum Gasteiger partial charge on any atom is 0.119 e. The van der Waals surface area contributed by atoms with Crippen LogP contribution < -0.4 is 15.2 Å². The van der Waals surface area contributed by atoms with Crippen molar-refractivity contribution < 1.29 is 9.47 Å². The fraction of sp³-hybridized carbons (Fsp3) is 0.375. The molecule has 2 N–H and O–H groups in total. The van der Waals surface area contributed by atoms with Gasteiger partial charge in [0.25, 0.3) is 0 Å². The Morgan fingerprint density at radius 2 is 1.23 bits per heavy atom. The third-order valence-corrected chi connectivity index (χ3v) is 7.06. The second-order valence-corrected chi connectivity index (χ2v) is 10.9. The molecule has 2 aliphatic heterocycles. The fourth-order valence-corrected chi connectivity index (χ4v) is 5.00. The van der Waals surface area contributed by atoms with E-state index in [-0.39, 0.29) is 0 Å². The lowest BCUT2D eigenvalue weighted by Gasteiger charge is -2.11. The fourth-order valence-electron chi connectivity index (χ4n) is 5.00. The van der Waals surface area contributed by atoms with Crippen molar-refractivity contribution in [3.8, 4) is 11.5 Å². The number of anilines is 1. The zero-order valence-electron chi connectivity index (χ0n) is 23.5. The van der Waals surface area contributed by atoms with E-state index < -0.39 is 0 Å². The van der Waals surface area contributed by atoms with E-state index >= 15 is 0 Å². The smallest absolute Gasteiger partial charge is 0.119 e. The first kappa shape index (κ1) is 26.9. The molecule has 0 radical (unpaired) electrons. The molecule has 0 fully saturated rings. The molecule has 0 unspecified atom stereocenters. The lowest BCUT2D eigenvalue weighted by atomic mass is 9.98. The standard InChI is InChI=1S/C32H39N5O2/c1-36(2)13-5-15-38-25-8-11-29-23(17-25)20-31(34-29)22-7-10-27(28(33)19-22)32-21-24-18-26(9-12-30(24)35-32)39-16-6-14-37(3)4/h7-12,17-19H,5-6,13-16,20-21,33H2,1-4H3. The van der Waals surface area contributed by atoms with E-state index in [1.807, 2.05) is 30.3 Å². The molecule has 0 saturated carbocycles.